The maximum atomic E-state index is 2.44. The summed E-state index contributed by atoms with van der Waals surface area (Å²) in [4.78, 5) is 0. The van der Waals surface area contributed by atoms with E-state index in [-0.39, 0.29) is 0 Å². The van der Waals surface area contributed by atoms with Crippen LogP contribution in [0.3, 0.4) is 0 Å². The zero-order chi connectivity index (χ0) is 35.3. The number of allylic oxidation sites excluding steroid dienone is 4. The predicted octanol–water partition coefficient (Wildman–Crippen LogP) is 15.2. The summed E-state index contributed by atoms with van der Waals surface area (Å²) < 4.78 is 0. The highest BCUT2D eigenvalue weighted by atomic mass is 14.3. The number of hydrogen-bond donors (Lipinski definition) is 0. The fourth-order valence-corrected chi connectivity index (χ4v) is 9.73. The number of benzene rings is 10. The van der Waals surface area contributed by atoms with Crippen molar-refractivity contribution in [2.24, 2.45) is 0 Å². The van der Waals surface area contributed by atoms with Gasteiger partial charge in [-0.05, 0) is 170 Å². The van der Waals surface area contributed by atoms with Crippen LogP contribution in [0.4, 0.5) is 0 Å². The molecule has 0 aromatic heterocycles. The Morgan fingerprint density at radius 1 is 0.315 bits per heavy atom. The molecule has 0 N–H and O–H groups in total. The van der Waals surface area contributed by atoms with Gasteiger partial charge in [-0.2, -0.15) is 0 Å². The van der Waals surface area contributed by atoms with Crippen LogP contribution in [0.2, 0.25) is 0 Å². The first-order valence-electron chi connectivity index (χ1n) is 19.1. The van der Waals surface area contributed by atoms with E-state index in [1.165, 1.54) is 120 Å². The van der Waals surface area contributed by atoms with Crippen LogP contribution in [0, 0.1) is 0 Å². The Hall–Kier alpha value is -6.76. The first-order chi connectivity index (χ1) is 26.8. The molecule has 0 saturated heterocycles. The van der Waals surface area contributed by atoms with Crippen molar-refractivity contribution in [2.75, 3.05) is 0 Å². The Labute approximate surface area is 313 Å². The third-order valence-corrected chi connectivity index (χ3v) is 12.2. The van der Waals surface area contributed by atoms with Crippen LogP contribution in [0.15, 0.2) is 182 Å². The van der Waals surface area contributed by atoms with E-state index in [0.717, 1.165) is 12.8 Å². The zero-order valence-corrected chi connectivity index (χ0v) is 29.7. The van der Waals surface area contributed by atoms with E-state index in [1.807, 2.05) is 0 Å². The fourth-order valence-electron chi connectivity index (χ4n) is 9.73. The lowest BCUT2D eigenvalue weighted by atomic mass is 9.87. The smallest absolute Gasteiger partial charge is 0.00199 e. The molecule has 0 aliphatic heterocycles. The van der Waals surface area contributed by atoms with Gasteiger partial charge < -0.3 is 0 Å². The van der Waals surface area contributed by atoms with Crippen LogP contribution in [0.25, 0.3) is 109 Å². The monoisotopic (exact) mass is 682 g/mol. The van der Waals surface area contributed by atoms with Crippen LogP contribution in [-0.2, 0) is 0 Å². The molecule has 0 unspecified atom stereocenters. The van der Waals surface area contributed by atoms with Crippen LogP contribution >= 0.6 is 0 Å². The average Bonchev–Trinajstić information content (AvgIpc) is 3.57. The number of fused-ring (bicyclic) bond motifs is 11. The summed E-state index contributed by atoms with van der Waals surface area (Å²) in [6.07, 6.45) is 6.94. The first kappa shape index (κ1) is 29.8. The van der Waals surface area contributed by atoms with Gasteiger partial charge in [-0.1, -0.05) is 146 Å². The molecule has 0 radical (unpaired) electrons. The molecule has 250 valence electrons. The second-order valence-corrected chi connectivity index (χ2v) is 15.1. The third-order valence-electron chi connectivity index (χ3n) is 12.2. The minimum Gasteiger partial charge on any atom is -0.0836 e. The highest BCUT2D eigenvalue weighted by molar-refractivity contribution is 6.33. The van der Waals surface area contributed by atoms with E-state index in [9.17, 15) is 0 Å². The standard InChI is InChI=1S/C54H34/c1-3-17-44-41(14-1)42-15-5-7-20-48(42)54-49-21-8-6-19-46(49)50(32-52(44)54)38-12-9-11-33(29-38)34-23-24-36-28-37(26-25-35(36)27-34)40-30-39-13-10-22-47-43-16-2-4-18-45(43)51(31-40)53(39)47/h1,3-15,17-32H,2,16H2. The largest absolute Gasteiger partial charge is 0.0836 e. The van der Waals surface area contributed by atoms with Gasteiger partial charge >= 0.3 is 0 Å². The zero-order valence-electron chi connectivity index (χ0n) is 29.7. The highest BCUT2D eigenvalue weighted by Crippen LogP contribution is 2.48. The molecule has 0 heterocycles. The molecule has 0 spiro atoms. The van der Waals surface area contributed by atoms with Crippen molar-refractivity contribution in [1.29, 1.82) is 0 Å². The van der Waals surface area contributed by atoms with Crippen molar-refractivity contribution < 1.29 is 0 Å². The van der Waals surface area contributed by atoms with E-state index >= 15 is 0 Å². The maximum Gasteiger partial charge on any atom is -0.00199 e. The molecule has 0 fully saturated rings. The Balaban J connectivity index is 0.969. The molecule has 0 nitrogen and oxygen atoms in total. The van der Waals surface area contributed by atoms with Gasteiger partial charge in [0, 0.05) is 0 Å². The van der Waals surface area contributed by atoms with Crippen molar-refractivity contribution in [2.45, 2.75) is 12.8 Å². The number of hydrogen-bond acceptors (Lipinski definition) is 0. The second kappa shape index (κ2) is 11.4. The van der Waals surface area contributed by atoms with E-state index in [1.54, 1.807) is 0 Å². The quantitative estimate of drug-likeness (QED) is 0.163. The minimum atomic E-state index is 1.13. The van der Waals surface area contributed by atoms with Crippen molar-refractivity contribution in [3.63, 3.8) is 0 Å². The van der Waals surface area contributed by atoms with Gasteiger partial charge in [0.25, 0.3) is 0 Å². The summed E-state index contributed by atoms with van der Waals surface area (Å²) in [5, 5.41) is 15.7. The summed E-state index contributed by atoms with van der Waals surface area (Å²) in [6, 6.07) is 63.8. The Bertz CT molecular complexity index is 3320. The summed E-state index contributed by atoms with van der Waals surface area (Å²) in [5.41, 5.74) is 13.3. The molecular weight excluding hydrogens is 649 g/mol. The molecule has 12 rings (SSSR count). The van der Waals surface area contributed by atoms with Crippen molar-refractivity contribution in [1.82, 2.24) is 0 Å². The molecular formula is C54H34. The molecule has 0 bridgehead atoms. The summed E-state index contributed by atoms with van der Waals surface area (Å²) in [7, 11) is 0. The van der Waals surface area contributed by atoms with Gasteiger partial charge in [0.05, 0.1) is 0 Å². The molecule has 0 saturated carbocycles. The second-order valence-electron chi connectivity index (χ2n) is 15.1. The lowest BCUT2D eigenvalue weighted by Crippen LogP contribution is -1.89. The lowest BCUT2D eigenvalue weighted by molar-refractivity contribution is 1.06. The fraction of sp³-hybridized carbons (Fsp3) is 0.0370. The molecule has 2 aliphatic carbocycles. The van der Waals surface area contributed by atoms with E-state index in [4.69, 9.17) is 0 Å². The molecule has 10 aromatic rings. The van der Waals surface area contributed by atoms with E-state index < -0.39 is 0 Å². The maximum absolute atomic E-state index is 2.44. The van der Waals surface area contributed by atoms with Crippen molar-refractivity contribution >= 4 is 75.8 Å². The molecule has 10 aromatic carbocycles. The summed E-state index contributed by atoms with van der Waals surface area (Å²) >= 11 is 0. The van der Waals surface area contributed by atoms with Crippen LogP contribution in [-0.4, -0.2) is 0 Å². The van der Waals surface area contributed by atoms with Gasteiger partial charge in [-0.3, -0.25) is 0 Å². The topological polar surface area (TPSA) is 0 Å². The summed E-state index contributed by atoms with van der Waals surface area (Å²) in [5.74, 6) is 0. The Morgan fingerprint density at radius 2 is 0.907 bits per heavy atom. The average molecular weight is 683 g/mol. The van der Waals surface area contributed by atoms with Gasteiger partial charge in [0.15, 0.2) is 0 Å². The molecule has 54 heavy (non-hydrogen) atoms. The van der Waals surface area contributed by atoms with E-state index in [2.05, 4.69) is 182 Å². The Morgan fingerprint density at radius 3 is 1.69 bits per heavy atom. The lowest BCUT2D eigenvalue weighted by Gasteiger charge is -2.16. The molecule has 0 atom stereocenters. The van der Waals surface area contributed by atoms with Crippen molar-refractivity contribution in [3.05, 3.63) is 193 Å². The minimum absolute atomic E-state index is 1.13. The number of rotatable bonds is 3. The molecule has 2 aliphatic rings. The molecule has 0 amide bonds. The molecule has 0 heteroatoms. The highest BCUT2D eigenvalue weighted by Gasteiger charge is 2.24. The van der Waals surface area contributed by atoms with Crippen LogP contribution < -0.4 is 0 Å². The van der Waals surface area contributed by atoms with Crippen LogP contribution in [0.1, 0.15) is 24.0 Å². The first-order valence-corrected chi connectivity index (χ1v) is 19.1. The third kappa shape index (κ3) is 4.32. The SMILES string of the molecule is C1=CC2=C(CC1)c1cccc3cc(-c4ccc5cc(-c6cccc(-c7cc8c9ccccc9c9ccccc9c8c8ccccc78)c6)ccc5c4)cc2c13. The van der Waals surface area contributed by atoms with Gasteiger partial charge in [-0.15, -0.1) is 0 Å². The Kier molecular flexibility index (Phi) is 6.27. The van der Waals surface area contributed by atoms with Gasteiger partial charge in [0.1, 0.15) is 0 Å². The van der Waals surface area contributed by atoms with E-state index in [0.29, 0.717) is 0 Å². The van der Waals surface area contributed by atoms with Crippen LogP contribution in [0.5, 0.6) is 0 Å². The normalized spacial score (nSPS) is 13.6. The van der Waals surface area contributed by atoms with Gasteiger partial charge in [0.2, 0.25) is 0 Å². The van der Waals surface area contributed by atoms with Crippen molar-refractivity contribution in [3.8, 4) is 33.4 Å². The van der Waals surface area contributed by atoms with Gasteiger partial charge in [-0.25, -0.2) is 0 Å². The predicted molar refractivity (Wildman–Crippen MR) is 233 cm³/mol. The summed E-state index contributed by atoms with van der Waals surface area (Å²) in [6.45, 7) is 0.